The van der Waals surface area contributed by atoms with Gasteiger partial charge < -0.3 is 40.0 Å². The standard InChI is InChI=1S/C61H75ClN6O9/c1-39(38-76-52-19-26-63-51-15-6-10-40(2)54(51)52)30-46-32-43-17-18-49(34-50(43)60(46)22-24-61(25-23-60,57(72)73)66-48-14-8-13-47(62)33-48)75-29-9-16-53(69)65-55(56(70)71)44-12-7-11-42(31-44)45-35-64-68(37-45)36-41-20-27-67(28-21-41)58(74)77-59(3,4)5/h7-8,11-14,17-19,26,31,33-35,37,39-41,46,55,66H,6,9-10,15-16,20-25,27-30,32,36,38H2,1-5H3,(H,65,69)(H,70,71)(H,72,73)/t39-,40-,46+,55?,60?,61?/m1/s1. The van der Waals surface area contributed by atoms with Crippen molar-refractivity contribution in [1.82, 2.24) is 25.0 Å². The molecular formula is C61H75ClN6O9. The fraction of sp³-hybridized carbons (Fsp3) is 0.508. The van der Waals surface area contributed by atoms with Crippen LogP contribution in [0.3, 0.4) is 0 Å². The van der Waals surface area contributed by atoms with E-state index in [-0.39, 0.29) is 36.4 Å². The highest BCUT2D eigenvalue weighted by Gasteiger charge is 2.54. The molecule has 1 aliphatic heterocycles. The maximum atomic E-state index is 13.4. The van der Waals surface area contributed by atoms with Crippen LogP contribution in [0.15, 0.2) is 91.4 Å². The Balaban J connectivity index is 0.818. The molecule has 410 valence electrons. The number of anilines is 1. The van der Waals surface area contributed by atoms with Gasteiger partial charge in [0.2, 0.25) is 5.91 Å². The second-order valence-electron chi connectivity index (χ2n) is 23.3. The predicted octanol–water partition coefficient (Wildman–Crippen LogP) is 11.8. The van der Waals surface area contributed by atoms with Crippen molar-refractivity contribution in [2.75, 3.05) is 31.6 Å². The summed E-state index contributed by atoms with van der Waals surface area (Å²) in [6.45, 7) is 12.8. The minimum Gasteiger partial charge on any atom is -0.494 e. The van der Waals surface area contributed by atoms with Crippen molar-refractivity contribution in [3.05, 3.63) is 124 Å². The number of aliphatic carboxylic acids is 2. The van der Waals surface area contributed by atoms with Gasteiger partial charge in [0.1, 0.15) is 22.6 Å². The smallest absolute Gasteiger partial charge is 0.410 e. The van der Waals surface area contributed by atoms with Gasteiger partial charge in [0.05, 0.1) is 19.4 Å². The number of piperidine rings is 1. The molecule has 3 aliphatic carbocycles. The van der Waals surface area contributed by atoms with Gasteiger partial charge in [0.25, 0.3) is 0 Å². The number of fused-ring (bicyclic) bond motifs is 3. The van der Waals surface area contributed by atoms with E-state index in [1.165, 1.54) is 16.7 Å². The van der Waals surface area contributed by atoms with Crippen molar-refractivity contribution >= 4 is 41.2 Å². The summed E-state index contributed by atoms with van der Waals surface area (Å²) in [6.07, 6.45) is 14.5. The summed E-state index contributed by atoms with van der Waals surface area (Å²) in [5.74, 6) is 0.371. The molecule has 4 aliphatic rings. The van der Waals surface area contributed by atoms with Crippen LogP contribution in [0.1, 0.15) is 145 Å². The third kappa shape index (κ3) is 13.1. The number of aryl methyl sites for hydroxylation is 1. The topological polar surface area (TPSA) is 194 Å². The SMILES string of the molecule is C[C@@H](COc1ccnc2c1[C@H](C)CCC2)C[C@H]1Cc2ccc(OCCCC(=O)NC(C(=O)O)c3cccc(-c4cnn(CC5CCN(C(=O)OC(C)(C)C)CC5)c4)c3)cc2C12CCC(Nc1cccc(Cl)c1)(C(=O)O)CC2. The Bertz CT molecular complexity index is 2920. The third-order valence-electron chi connectivity index (χ3n) is 16.5. The van der Waals surface area contributed by atoms with E-state index in [4.69, 9.17) is 25.8 Å². The molecule has 4 N–H and O–H groups in total. The van der Waals surface area contributed by atoms with E-state index in [0.717, 1.165) is 67.5 Å². The lowest BCUT2D eigenvalue weighted by atomic mass is 9.59. The number of halogens is 1. The molecular weight excluding hydrogens is 996 g/mol. The molecule has 3 aromatic carbocycles. The number of aromatic nitrogens is 3. The van der Waals surface area contributed by atoms with Gasteiger partial charge in [0, 0.05) is 66.0 Å². The molecule has 1 unspecified atom stereocenters. The first-order chi connectivity index (χ1) is 36.9. The number of carboxylic acid groups (broad SMARTS) is 2. The van der Waals surface area contributed by atoms with Crippen molar-refractivity contribution < 1.29 is 43.6 Å². The second kappa shape index (κ2) is 23.6. The van der Waals surface area contributed by atoms with E-state index in [0.29, 0.717) is 92.2 Å². The molecule has 0 bridgehead atoms. The van der Waals surface area contributed by atoms with Crippen LogP contribution in [0, 0.1) is 17.8 Å². The van der Waals surface area contributed by atoms with Gasteiger partial charge in [-0.3, -0.25) is 14.5 Å². The number of nitrogens with one attached hydrogen (secondary N) is 2. The number of ether oxygens (including phenoxy) is 3. The summed E-state index contributed by atoms with van der Waals surface area (Å²) < 4.78 is 20.4. The zero-order valence-electron chi connectivity index (χ0n) is 45.2. The highest BCUT2D eigenvalue weighted by Crippen LogP contribution is 2.57. The van der Waals surface area contributed by atoms with Crippen LogP contribution in [0.2, 0.25) is 5.02 Å². The number of carbonyl (C=O) groups is 4. The summed E-state index contributed by atoms with van der Waals surface area (Å²) in [7, 11) is 0. The number of carboxylic acids is 2. The Morgan fingerprint density at radius 3 is 2.44 bits per heavy atom. The molecule has 1 saturated carbocycles. The number of nitrogens with zero attached hydrogens (tertiary/aromatic N) is 4. The molecule has 1 spiro atoms. The van der Waals surface area contributed by atoms with E-state index in [9.17, 15) is 29.4 Å². The van der Waals surface area contributed by atoms with Crippen molar-refractivity contribution in [1.29, 1.82) is 0 Å². The van der Waals surface area contributed by atoms with Gasteiger partial charge in [-0.25, -0.2) is 14.4 Å². The summed E-state index contributed by atoms with van der Waals surface area (Å²) >= 11 is 6.34. The Hall–Kier alpha value is -6.61. The van der Waals surface area contributed by atoms with Crippen LogP contribution >= 0.6 is 11.6 Å². The average molecular weight is 1070 g/mol. The van der Waals surface area contributed by atoms with Crippen LogP contribution < -0.4 is 20.1 Å². The number of hydrogen-bond acceptors (Lipinski definition) is 10. The van der Waals surface area contributed by atoms with Gasteiger partial charge in [-0.15, -0.1) is 0 Å². The highest BCUT2D eigenvalue weighted by atomic mass is 35.5. The van der Waals surface area contributed by atoms with E-state index < -0.39 is 35.0 Å². The normalized spacial score (nSPS) is 22.1. The Kier molecular flexibility index (Phi) is 16.9. The molecule has 9 rings (SSSR count). The molecule has 0 radical (unpaired) electrons. The van der Waals surface area contributed by atoms with E-state index in [1.807, 2.05) is 68.2 Å². The van der Waals surface area contributed by atoms with Crippen molar-refractivity contribution in [3.8, 4) is 22.6 Å². The van der Waals surface area contributed by atoms with Crippen molar-refractivity contribution in [2.45, 2.75) is 153 Å². The zero-order valence-corrected chi connectivity index (χ0v) is 45.9. The number of hydrogen-bond donors (Lipinski definition) is 4. The second-order valence-corrected chi connectivity index (χ2v) is 23.7. The number of benzene rings is 3. The molecule has 77 heavy (non-hydrogen) atoms. The van der Waals surface area contributed by atoms with Gasteiger partial charge >= 0.3 is 18.0 Å². The number of carbonyl (C=O) groups excluding carboxylic acids is 2. The third-order valence-corrected chi connectivity index (χ3v) is 16.8. The van der Waals surface area contributed by atoms with Gasteiger partial charge in [-0.1, -0.05) is 55.8 Å². The van der Waals surface area contributed by atoms with Crippen LogP contribution in [0.4, 0.5) is 10.5 Å². The summed E-state index contributed by atoms with van der Waals surface area (Å²) in [6, 6.07) is 21.4. The quantitative estimate of drug-likeness (QED) is 0.0573. The van der Waals surface area contributed by atoms with E-state index in [2.05, 4.69) is 46.7 Å². The molecule has 2 fully saturated rings. The van der Waals surface area contributed by atoms with E-state index >= 15 is 0 Å². The van der Waals surface area contributed by atoms with Crippen LogP contribution in [0.5, 0.6) is 11.5 Å². The number of amides is 2. The van der Waals surface area contributed by atoms with Crippen LogP contribution in [0.25, 0.3) is 11.1 Å². The monoisotopic (exact) mass is 1070 g/mol. The molecule has 2 aromatic heterocycles. The minimum absolute atomic E-state index is 0.0575. The van der Waals surface area contributed by atoms with Crippen LogP contribution in [-0.2, 0) is 43.9 Å². The maximum Gasteiger partial charge on any atom is 0.410 e. The van der Waals surface area contributed by atoms with Crippen LogP contribution in [-0.4, -0.2) is 91.3 Å². The summed E-state index contributed by atoms with van der Waals surface area (Å²) in [4.78, 5) is 58.2. The average Bonchev–Trinajstić information content (AvgIpc) is 4.15. The van der Waals surface area contributed by atoms with Crippen molar-refractivity contribution in [2.24, 2.45) is 17.8 Å². The summed E-state index contributed by atoms with van der Waals surface area (Å²) in [5, 5.41) is 32.4. The first kappa shape index (κ1) is 55.2. The Labute approximate surface area is 457 Å². The molecule has 15 nitrogen and oxygen atoms in total. The fourth-order valence-corrected chi connectivity index (χ4v) is 12.7. The number of rotatable bonds is 19. The lowest BCUT2D eigenvalue weighted by Gasteiger charge is -2.47. The molecule has 3 heterocycles. The molecule has 5 aromatic rings. The van der Waals surface area contributed by atoms with Gasteiger partial charge in [-0.05, 0) is 192 Å². The largest absolute Gasteiger partial charge is 0.494 e. The minimum atomic E-state index is -1.26. The number of likely N-dealkylation sites (tertiary alicyclic amines) is 1. The lowest BCUT2D eigenvalue weighted by Crippen LogP contribution is -2.53. The van der Waals surface area contributed by atoms with Crippen molar-refractivity contribution in [3.63, 3.8) is 0 Å². The van der Waals surface area contributed by atoms with Gasteiger partial charge in [0.15, 0.2) is 6.04 Å². The number of pyridine rings is 1. The Morgan fingerprint density at radius 1 is 0.922 bits per heavy atom. The summed E-state index contributed by atoms with van der Waals surface area (Å²) in [5.41, 5.74) is 5.55. The predicted molar refractivity (Wildman–Crippen MR) is 296 cm³/mol. The molecule has 2 amide bonds. The molecule has 4 atom stereocenters. The lowest BCUT2D eigenvalue weighted by molar-refractivity contribution is -0.144. The van der Waals surface area contributed by atoms with Gasteiger partial charge in [-0.2, -0.15) is 5.10 Å². The molecule has 1 saturated heterocycles. The Morgan fingerprint density at radius 2 is 1.70 bits per heavy atom. The maximum absolute atomic E-state index is 13.4. The fourth-order valence-electron chi connectivity index (χ4n) is 12.5. The first-order valence-corrected chi connectivity index (χ1v) is 28.0. The zero-order chi connectivity index (χ0) is 54.5. The van der Waals surface area contributed by atoms with E-state index in [1.54, 1.807) is 41.4 Å². The highest BCUT2D eigenvalue weighted by molar-refractivity contribution is 6.30. The first-order valence-electron chi connectivity index (χ1n) is 27.6. The molecule has 16 heteroatoms.